The van der Waals surface area contributed by atoms with Gasteiger partial charge in [0.15, 0.2) is 0 Å². The highest BCUT2D eigenvalue weighted by atomic mass is 16.5. The van der Waals surface area contributed by atoms with E-state index in [-0.39, 0.29) is 5.95 Å². The summed E-state index contributed by atoms with van der Waals surface area (Å²) in [4.78, 5) is 18.6. The van der Waals surface area contributed by atoms with Gasteiger partial charge >= 0.3 is 0 Å². The minimum Gasteiger partial charge on any atom is -0.496 e. The van der Waals surface area contributed by atoms with Crippen molar-refractivity contribution in [2.75, 3.05) is 25.7 Å². The van der Waals surface area contributed by atoms with Gasteiger partial charge < -0.3 is 20.9 Å². The molecule has 0 saturated carbocycles. The van der Waals surface area contributed by atoms with Crippen LogP contribution in [-0.2, 0) is 19.3 Å². The topological polar surface area (TPSA) is 113 Å². The summed E-state index contributed by atoms with van der Waals surface area (Å²) < 4.78 is 10.5. The first-order valence-corrected chi connectivity index (χ1v) is 10.1. The van der Waals surface area contributed by atoms with Gasteiger partial charge in [0.2, 0.25) is 5.95 Å². The van der Waals surface area contributed by atoms with E-state index in [0.717, 1.165) is 47.3 Å². The molecule has 0 aliphatic heterocycles. The smallest absolute Gasteiger partial charge is 0.221 e. The van der Waals surface area contributed by atoms with Crippen LogP contribution in [-0.4, -0.2) is 30.5 Å². The number of carbonyl (C=O) groups is 1. The van der Waals surface area contributed by atoms with Gasteiger partial charge in [0.05, 0.1) is 14.2 Å². The zero-order valence-electron chi connectivity index (χ0n) is 18.5. The molecule has 0 bridgehead atoms. The first-order valence-electron chi connectivity index (χ1n) is 10.1. The highest BCUT2D eigenvalue weighted by Gasteiger charge is 2.10. The zero-order valence-corrected chi connectivity index (χ0v) is 18.5. The zero-order chi connectivity index (χ0) is 22.8. The van der Waals surface area contributed by atoms with E-state index in [1.807, 2.05) is 31.2 Å². The van der Waals surface area contributed by atoms with E-state index < -0.39 is 0 Å². The number of anilines is 2. The number of aromatic nitrogens is 2. The number of aldehydes is 1. The van der Waals surface area contributed by atoms with Crippen LogP contribution in [0.25, 0.3) is 0 Å². The Labute approximate surface area is 183 Å². The molecule has 0 atom stereocenters. The van der Waals surface area contributed by atoms with E-state index in [4.69, 9.17) is 20.9 Å². The molecule has 0 radical (unpaired) electrons. The van der Waals surface area contributed by atoms with E-state index in [2.05, 4.69) is 23.0 Å². The summed E-state index contributed by atoms with van der Waals surface area (Å²) in [5.74, 6) is 2.32. The molecule has 164 valence electrons. The van der Waals surface area contributed by atoms with Crippen molar-refractivity contribution < 1.29 is 14.3 Å². The number of hydrogen-bond acceptors (Lipinski definition) is 7. The van der Waals surface area contributed by atoms with Gasteiger partial charge in [-0.05, 0) is 36.1 Å². The monoisotopic (exact) mass is 422 g/mol. The lowest BCUT2D eigenvalue weighted by molar-refractivity contribution is 0.112. The molecular formula is C24H30N4O3. The van der Waals surface area contributed by atoms with Gasteiger partial charge in [-0.15, -0.1) is 0 Å². The maximum absolute atomic E-state index is 10.6. The Kier molecular flexibility index (Phi) is 8.81. The third kappa shape index (κ3) is 5.94. The SMILES string of the molecule is CCc1c(C=O)cccc1OC.CCc1c(Cc2cnc(N)nc2N)cccc1OC. The summed E-state index contributed by atoms with van der Waals surface area (Å²) >= 11 is 0. The van der Waals surface area contributed by atoms with Gasteiger partial charge in [0.25, 0.3) is 0 Å². The molecule has 0 spiro atoms. The van der Waals surface area contributed by atoms with Crippen molar-refractivity contribution in [1.29, 1.82) is 0 Å². The molecule has 0 aliphatic carbocycles. The van der Waals surface area contributed by atoms with Crippen molar-refractivity contribution in [3.05, 3.63) is 70.4 Å². The van der Waals surface area contributed by atoms with Crippen LogP contribution in [0, 0.1) is 0 Å². The standard InChI is InChI=1S/C14H18N4O.C10H12O2/c1-3-11-9(5-4-6-12(11)19-2)7-10-8-17-14(16)18-13(10)15;1-3-9-8(7-11)5-4-6-10(9)12-2/h4-6,8H,3,7H2,1-2H3,(H4,15,16,17,18);4-7H,3H2,1-2H3. The normalized spacial score (nSPS) is 10.1. The minimum atomic E-state index is 0.197. The van der Waals surface area contributed by atoms with Gasteiger partial charge in [0.1, 0.15) is 23.6 Å². The lowest BCUT2D eigenvalue weighted by atomic mass is 9.98. The van der Waals surface area contributed by atoms with Crippen LogP contribution in [0.1, 0.15) is 46.5 Å². The molecule has 7 nitrogen and oxygen atoms in total. The number of benzene rings is 2. The number of nitrogens with two attached hydrogens (primary N) is 2. The van der Waals surface area contributed by atoms with Gasteiger partial charge in [-0.25, -0.2) is 4.98 Å². The van der Waals surface area contributed by atoms with E-state index in [0.29, 0.717) is 12.2 Å². The summed E-state index contributed by atoms with van der Waals surface area (Å²) in [5, 5.41) is 0. The van der Waals surface area contributed by atoms with Crippen molar-refractivity contribution in [1.82, 2.24) is 9.97 Å². The Balaban J connectivity index is 0.000000245. The number of rotatable bonds is 7. The van der Waals surface area contributed by atoms with E-state index in [1.54, 1.807) is 26.5 Å². The van der Waals surface area contributed by atoms with Crippen LogP contribution in [0.15, 0.2) is 42.6 Å². The minimum absolute atomic E-state index is 0.197. The first-order chi connectivity index (χ1) is 15.0. The predicted molar refractivity (Wildman–Crippen MR) is 124 cm³/mol. The number of nitrogens with zero attached hydrogens (tertiary/aromatic N) is 2. The van der Waals surface area contributed by atoms with E-state index in [1.165, 1.54) is 11.1 Å². The molecular weight excluding hydrogens is 392 g/mol. The number of ether oxygens (including phenoxy) is 2. The average molecular weight is 423 g/mol. The summed E-state index contributed by atoms with van der Waals surface area (Å²) in [7, 11) is 3.29. The van der Waals surface area contributed by atoms with Gasteiger partial charge in [-0.1, -0.05) is 38.1 Å². The molecule has 0 aliphatic rings. The fourth-order valence-corrected chi connectivity index (χ4v) is 3.41. The molecule has 0 fully saturated rings. The third-order valence-electron chi connectivity index (χ3n) is 4.97. The Morgan fingerprint density at radius 1 is 0.903 bits per heavy atom. The van der Waals surface area contributed by atoms with Crippen LogP contribution >= 0.6 is 0 Å². The van der Waals surface area contributed by atoms with Crippen molar-refractivity contribution in [3.63, 3.8) is 0 Å². The number of methoxy groups -OCH3 is 2. The largest absolute Gasteiger partial charge is 0.496 e. The second kappa shape index (κ2) is 11.5. The Bertz CT molecular complexity index is 1020. The number of hydrogen-bond donors (Lipinski definition) is 2. The summed E-state index contributed by atoms with van der Waals surface area (Å²) in [6.45, 7) is 4.11. The van der Waals surface area contributed by atoms with Crippen molar-refractivity contribution >= 4 is 18.1 Å². The fraction of sp³-hybridized carbons (Fsp3) is 0.292. The molecule has 1 heterocycles. The third-order valence-corrected chi connectivity index (χ3v) is 4.97. The van der Waals surface area contributed by atoms with Crippen LogP contribution in [0.4, 0.5) is 11.8 Å². The molecule has 0 amide bonds. The van der Waals surface area contributed by atoms with Crippen LogP contribution in [0.3, 0.4) is 0 Å². The second-order valence-corrected chi connectivity index (χ2v) is 6.77. The summed E-state index contributed by atoms with van der Waals surface area (Å²) in [5.41, 5.74) is 16.3. The number of nitrogen functional groups attached to an aromatic ring is 2. The molecule has 0 saturated heterocycles. The Morgan fingerprint density at radius 3 is 2.06 bits per heavy atom. The highest BCUT2D eigenvalue weighted by Crippen LogP contribution is 2.26. The first kappa shape index (κ1) is 23.7. The molecule has 7 heteroatoms. The molecule has 0 unspecified atom stereocenters. The van der Waals surface area contributed by atoms with Crippen LogP contribution in [0.5, 0.6) is 11.5 Å². The fourth-order valence-electron chi connectivity index (χ4n) is 3.41. The quantitative estimate of drug-likeness (QED) is 0.556. The Morgan fingerprint density at radius 2 is 1.52 bits per heavy atom. The average Bonchev–Trinajstić information content (AvgIpc) is 2.80. The summed E-state index contributed by atoms with van der Waals surface area (Å²) in [6, 6.07) is 11.5. The molecule has 1 aromatic heterocycles. The number of carbonyl (C=O) groups excluding carboxylic acids is 1. The van der Waals surface area contributed by atoms with Gasteiger partial charge in [-0.3, -0.25) is 4.79 Å². The highest BCUT2D eigenvalue weighted by molar-refractivity contribution is 5.78. The molecule has 2 aromatic carbocycles. The van der Waals surface area contributed by atoms with Gasteiger partial charge in [0, 0.05) is 29.3 Å². The van der Waals surface area contributed by atoms with Gasteiger partial charge in [-0.2, -0.15) is 4.98 Å². The summed E-state index contributed by atoms with van der Waals surface area (Å²) in [6.07, 6.45) is 4.93. The maximum Gasteiger partial charge on any atom is 0.221 e. The van der Waals surface area contributed by atoms with Crippen molar-refractivity contribution in [2.45, 2.75) is 33.1 Å². The lowest BCUT2D eigenvalue weighted by Gasteiger charge is -2.13. The predicted octanol–water partition coefficient (Wildman–Crippen LogP) is 3.87. The lowest BCUT2D eigenvalue weighted by Crippen LogP contribution is -2.05. The maximum atomic E-state index is 10.6. The Hall–Kier alpha value is -3.61. The van der Waals surface area contributed by atoms with Crippen LogP contribution in [0.2, 0.25) is 0 Å². The second-order valence-electron chi connectivity index (χ2n) is 6.77. The molecule has 4 N–H and O–H groups in total. The van der Waals surface area contributed by atoms with E-state index >= 15 is 0 Å². The van der Waals surface area contributed by atoms with E-state index in [9.17, 15) is 4.79 Å². The van der Waals surface area contributed by atoms with Crippen LogP contribution < -0.4 is 20.9 Å². The molecule has 31 heavy (non-hydrogen) atoms. The molecule has 3 aromatic rings. The van der Waals surface area contributed by atoms with Crippen molar-refractivity contribution in [3.8, 4) is 11.5 Å². The van der Waals surface area contributed by atoms with Crippen molar-refractivity contribution in [2.24, 2.45) is 0 Å². The molecule has 3 rings (SSSR count).